The summed E-state index contributed by atoms with van der Waals surface area (Å²) in [5.74, 6) is -0.314. The van der Waals surface area contributed by atoms with Gasteiger partial charge >= 0.3 is 0 Å². The molecule has 0 bridgehead atoms. The SMILES string of the molecule is C=CC(=O)Nc1cccc(CC(=O)NCCCOCC)c1. The molecular formula is C16H22N2O3. The number of hydrogen-bond acceptors (Lipinski definition) is 3. The van der Waals surface area contributed by atoms with Crippen molar-refractivity contribution in [2.24, 2.45) is 0 Å². The van der Waals surface area contributed by atoms with Crippen molar-refractivity contribution in [1.29, 1.82) is 0 Å². The Labute approximate surface area is 125 Å². The molecule has 0 aliphatic carbocycles. The van der Waals surface area contributed by atoms with Crippen LogP contribution in [0.15, 0.2) is 36.9 Å². The Morgan fingerprint density at radius 1 is 1.38 bits per heavy atom. The molecule has 0 unspecified atom stereocenters. The summed E-state index contributed by atoms with van der Waals surface area (Å²) in [6.07, 6.45) is 2.29. The molecule has 5 heteroatoms. The maximum Gasteiger partial charge on any atom is 0.247 e. The van der Waals surface area contributed by atoms with Gasteiger partial charge in [0.2, 0.25) is 11.8 Å². The molecule has 2 amide bonds. The van der Waals surface area contributed by atoms with Crippen LogP contribution < -0.4 is 10.6 Å². The van der Waals surface area contributed by atoms with E-state index >= 15 is 0 Å². The molecule has 114 valence electrons. The number of carbonyl (C=O) groups excluding carboxylic acids is 2. The number of benzene rings is 1. The van der Waals surface area contributed by atoms with Crippen molar-refractivity contribution in [2.75, 3.05) is 25.1 Å². The third-order valence-corrected chi connectivity index (χ3v) is 2.74. The molecular weight excluding hydrogens is 268 g/mol. The lowest BCUT2D eigenvalue weighted by molar-refractivity contribution is -0.120. The zero-order chi connectivity index (χ0) is 15.5. The van der Waals surface area contributed by atoms with Crippen molar-refractivity contribution in [3.63, 3.8) is 0 Å². The van der Waals surface area contributed by atoms with Gasteiger partial charge in [-0.05, 0) is 37.1 Å². The van der Waals surface area contributed by atoms with E-state index in [1.165, 1.54) is 6.08 Å². The number of anilines is 1. The lowest BCUT2D eigenvalue weighted by Gasteiger charge is -2.07. The van der Waals surface area contributed by atoms with Crippen LogP contribution in [-0.2, 0) is 20.7 Å². The number of ether oxygens (including phenoxy) is 1. The van der Waals surface area contributed by atoms with Crippen LogP contribution in [0.3, 0.4) is 0 Å². The van der Waals surface area contributed by atoms with Gasteiger partial charge in [-0.1, -0.05) is 18.7 Å². The summed E-state index contributed by atoms with van der Waals surface area (Å²) in [6.45, 7) is 7.28. The minimum atomic E-state index is -0.271. The maximum absolute atomic E-state index is 11.8. The summed E-state index contributed by atoms with van der Waals surface area (Å²) < 4.78 is 5.20. The Kier molecular flexibility index (Phi) is 7.82. The fourth-order valence-electron chi connectivity index (χ4n) is 1.75. The fourth-order valence-corrected chi connectivity index (χ4v) is 1.75. The normalized spacial score (nSPS) is 9.95. The molecule has 0 atom stereocenters. The molecule has 0 radical (unpaired) electrons. The first-order valence-electron chi connectivity index (χ1n) is 7.02. The highest BCUT2D eigenvalue weighted by Crippen LogP contribution is 2.11. The van der Waals surface area contributed by atoms with Crippen LogP contribution in [0.25, 0.3) is 0 Å². The molecule has 0 aliphatic heterocycles. The zero-order valence-corrected chi connectivity index (χ0v) is 12.4. The van der Waals surface area contributed by atoms with E-state index in [0.29, 0.717) is 25.4 Å². The predicted molar refractivity (Wildman–Crippen MR) is 83.1 cm³/mol. The van der Waals surface area contributed by atoms with E-state index in [4.69, 9.17) is 4.74 Å². The van der Waals surface area contributed by atoms with Crippen molar-refractivity contribution in [3.8, 4) is 0 Å². The van der Waals surface area contributed by atoms with Crippen LogP contribution in [0, 0.1) is 0 Å². The van der Waals surface area contributed by atoms with Gasteiger partial charge in [-0.3, -0.25) is 9.59 Å². The highest BCUT2D eigenvalue weighted by atomic mass is 16.5. The van der Waals surface area contributed by atoms with E-state index in [9.17, 15) is 9.59 Å². The summed E-state index contributed by atoms with van der Waals surface area (Å²) >= 11 is 0. The Balaban J connectivity index is 2.39. The summed E-state index contributed by atoms with van der Waals surface area (Å²) in [6, 6.07) is 7.20. The molecule has 0 heterocycles. The second-order valence-corrected chi connectivity index (χ2v) is 4.47. The molecule has 0 saturated heterocycles. The number of hydrogen-bond donors (Lipinski definition) is 2. The zero-order valence-electron chi connectivity index (χ0n) is 12.4. The largest absolute Gasteiger partial charge is 0.382 e. The van der Waals surface area contributed by atoms with Gasteiger partial charge in [0, 0.05) is 25.4 Å². The molecule has 0 aliphatic rings. The van der Waals surface area contributed by atoms with Crippen molar-refractivity contribution in [2.45, 2.75) is 19.8 Å². The molecule has 0 saturated carbocycles. The second kappa shape index (κ2) is 9.72. The van der Waals surface area contributed by atoms with Crippen LogP contribution in [-0.4, -0.2) is 31.6 Å². The van der Waals surface area contributed by atoms with Crippen molar-refractivity contribution < 1.29 is 14.3 Å². The number of rotatable bonds is 9. The van der Waals surface area contributed by atoms with Gasteiger partial charge in [0.05, 0.1) is 6.42 Å². The van der Waals surface area contributed by atoms with E-state index in [2.05, 4.69) is 17.2 Å². The van der Waals surface area contributed by atoms with E-state index in [-0.39, 0.29) is 18.2 Å². The minimum Gasteiger partial charge on any atom is -0.382 e. The molecule has 1 aromatic rings. The van der Waals surface area contributed by atoms with Crippen LogP contribution in [0.1, 0.15) is 18.9 Å². The van der Waals surface area contributed by atoms with Gasteiger partial charge in [0.15, 0.2) is 0 Å². The summed E-state index contributed by atoms with van der Waals surface area (Å²) in [4.78, 5) is 23.0. The summed E-state index contributed by atoms with van der Waals surface area (Å²) in [5, 5.41) is 5.51. The standard InChI is InChI=1S/C16H22N2O3/c1-3-15(19)18-14-8-5-7-13(11-14)12-16(20)17-9-6-10-21-4-2/h3,5,7-8,11H,1,4,6,9-10,12H2,2H3,(H,17,20)(H,18,19). The predicted octanol–water partition coefficient (Wildman–Crippen LogP) is 1.90. The molecule has 21 heavy (non-hydrogen) atoms. The molecule has 2 N–H and O–H groups in total. The van der Waals surface area contributed by atoms with E-state index in [0.717, 1.165) is 12.0 Å². The number of nitrogens with one attached hydrogen (secondary N) is 2. The lowest BCUT2D eigenvalue weighted by Crippen LogP contribution is -2.26. The Morgan fingerprint density at radius 2 is 2.19 bits per heavy atom. The minimum absolute atomic E-state index is 0.0429. The Morgan fingerprint density at radius 3 is 2.90 bits per heavy atom. The van der Waals surface area contributed by atoms with Gasteiger partial charge < -0.3 is 15.4 Å². The Hall–Kier alpha value is -2.14. The molecule has 5 nitrogen and oxygen atoms in total. The summed E-state index contributed by atoms with van der Waals surface area (Å²) in [7, 11) is 0. The quantitative estimate of drug-likeness (QED) is 0.539. The first-order chi connectivity index (χ1) is 10.2. The molecule has 1 aromatic carbocycles. The molecule has 0 aromatic heterocycles. The molecule has 0 fully saturated rings. The van der Waals surface area contributed by atoms with Crippen LogP contribution in [0.2, 0.25) is 0 Å². The number of amides is 2. The van der Waals surface area contributed by atoms with Gasteiger partial charge in [-0.2, -0.15) is 0 Å². The molecule has 1 rings (SSSR count). The number of carbonyl (C=O) groups is 2. The van der Waals surface area contributed by atoms with Crippen LogP contribution in [0.4, 0.5) is 5.69 Å². The lowest BCUT2D eigenvalue weighted by atomic mass is 10.1. The second-order valence-electron chi connectivity index (χ2n) is 4.47. The smallest absolute Gasteiger partial charge is 0.247 e. The van der Waals surface area contributed by atoms with Crippen LogP contribution in [0.5, 0.6) is 0 Å². The third kappa shape index (κ3) is 7.27. The van der Waals surface area contributed by atoms with E-state index < -0.39 is 0 Å². The Bertz CT molecular complexity index is 486. The molecule has 0 spiro atoms. The maximum atomic E-state index is 11.8. The topological polar surface area (TPSA) is 67.4 Å². The first kappa shape index (κ1) is 16.9. The average molecular weight is 290 g/mol. The van der Waals surface area contributed by atoms with E-state index in [1.807, 2.05) is 13.0 Å². The fraction of sp³-hybridized carbons (Fsp3) is 0.375. The van der Waals surface area contributed by atoms with Crippen molar-refractivity contribution in [1.82, 2.24) is 5.32 Å². The van der Waals surface area contributed by atoms with Crippen molar-refractivity contribution in [3.05, 3.63) is 42.5 Å². The first-order valence-corrected chi connectivity index (χ1v) is 7.02. The highest BCUT2D eigenvalue weighted by Gasteiger charge is 2.04. The monoisotopic (exact) mass is 290 g/mol. The average Bonchev–Trinajstić information content (AvgIpc) is 2.47. The van der Waals surface area contributed by atoms with Gasteiger partial charge in [0.25, 0.3) is 0 Å². The van der Waals surface area contributed by atoms with Gasteiger partial charge in [-0.15, -0.1) is 0 Å². The summed E-state index contributed by atoms with van der Waals surface area (Å²) in [5.41, 5.74) is 1.50. The van der Waals surface area contributed by atoms with Gasteiger partial charge in [0.1, 0.15) is 0 Å². The third-order valence-electron chi connectivity index (χ3n) is 2.74. The highest BCUT2D eigenvalue weighted by molar-refractivity contribution is 5.98. The van der Waals surface area contributed by atoms with Crippen molar-refractivity contribution >= 4 is 17.5 Å². The van der Waals surface area contributed by atoms with Gasteiger partial charge in [-0.25, -0.2) is 0 Å². The van der Waals surface area contributed by atoms with Crippen LogP contribution >= 0.6 is 0 Å². The van der Waals surface area contributed by atoms with E-state index in [1.54, 1.807) is 18.2 Å².